The summed E-state index contributed by atoms with van der Waals surface area (Å²) in [5.74, 6) is 1.23. The van der Waals surface area contributed by atoms with Crippen LogP contribution in [0.5, 0.6) is 11.5 Å². The number of rotatable bonds is 7. The van der Waals surface area contributed by atoms with Gasteiger partial charge in [-0.2, -0.15) is 0 Å². The number of thiazole rings is 1. The van der Waals surface area contributed by atoms with Crippen LogP contribution in [0.1, 0.15) is 25.6 Å². The number of hydrogen-bond acceptors (Lipinski definition) is 6. The zero-order valence-corrected chi connectivity index (χ0v) is 14.6. The van der Waals surface area contributed by atoms with E-state index in [0.29, 0.717) is 16.5 Å². The molecule has 22 heavy (non-hydrogen) atoms. The molecule has 5 nitrogen and oxygen atoms in total. The van der Waals surface area contributed by atoms with Crippen molar-refractivity contribution in [3.63, 3.8) is 0 Å². The molecule has 1 unspecified atom stereocenters. The topological polar surface area (TPSA) is 55.4 Å². The Morgan fingerprint density at radius 3 is 2.64 bits per heavy atom. The smallest absolute Gasteiger partial charge is 0.187 e. The molecule has 0 aliphatic rings. The Labute approximate surface area is 139 Å². The summed E-state index contributed by atoms with van der Waals surface area (Å²) in [5, 5.41) is 9.94. The molecular weight excluding hydrogens is 322 g/mol. The van der Waals surface area contributed by atoms with Crippen LogP contribution in [0.15, 0.2) is 17.5 Å². The molecule has 1 heterocycles. The van der Waals surface area contributed by atoms with Crippen molar-refractivity contribution in [2.45, 2.75) is 19.9 Å². The zero-order valence-electron chi connectivity index (χ0n) is 13.1. The fourth-order valence-electron chi connectivity index (χ4n) is 2.03. The van der Waals surface area contributed by atoms with Gasteiger partial charge in [0.25, 0.3) is 0 Å². The number of nitrogens with zero attached hydrogens (tertiary/aromatic N) is 1. The molecule has 7 heteroatoms. The first-order chi connectivity index (χ1) is 10.6. The van der Waals surface area contributed by atoms with Gasteiger partial charge in [0, 0.05) is 23.6 Å². The highest BCUT2D eigenvalue weighted by Crippen LogP contribution is 2.38. The molecule has 2 aromatic rings. The number of anilines is 2. The molecule has 1 atom stereocenters. The van der Waals surface area contributed by atoms with Gasteiger partial charge in [-0.1, -0.05) is 18.5 Å². The number of hydrogen-bond donors (Lipinski definition) is 2. The summed E-state index contributed by atoms with van der Waals surface area (Å²) in [4.78, 5) is 4.59. The highest BCUT2D eigenvalue weighted by atomic mass is 35.5. The van der Waals surface area contributed by atoms with E-state index < -0.39 is 0 Å². The lowest BCUT2D eigenvalue weighted by molar-refractivity contribution is 0.405. The van der Waals surface area contributed by atoms with E-state index in [9.17, 15) is 0 Å². The summed E-state index contributed by atoms with van der Waals surface area (Å²) in [6.45, 7) is 5.07. The van der Waals surface area contributed by atoms with Crippen molar-refractivity contribution in [3.05, 3.63) is 28.2 Å². The summed E-state index contributed by atoms with van der Waals surface area (Å²) in [7, 11) is 3.18. The SMILES string of the molecule is CCNC(C)c1csc(Nc2cc(OC)c(Cl)cc2OC)n1. The number of halogens is 1. The summed E-state index contributed by atoms with van der Waals surface area (Å²) in [6, 6.07) is 3.74. The van der Waals surface area contributed by atoms with Crippen LogP contribution in [0.2, 0.25) is 5.02 Å². The molecule has 2 N–H and O–H groups in total. The molecule has 1 aromatic carbocycles. The average molecular weight is 342 g/mol. The van der Waals surface area contributed by atoms with Crippen LogP contribution in [0.4, 0.5) is 10.8 Å². The van der Waals surface area contributed by atoms with Gasteiger partial charge in [-0.25, -0.2) is 4.98 Å². The molecule has 0 saturated heterocycles. The van der Waals surface area contributed by atoms with Gasteiger partial charge < -0.3 is 20.1 Å². The van der Waals surface area contributed by atoms with Crippen LogP contribution in [0, 0.1) is 0 Å². The molecule has 2 rings (SSSR count). The lowest BCUT2D eigenvalue weighted by Crippen LogP contribution is -2.17. The molecule has 0 fully saturated rings. The Kier molecular flexibility index (Phi) is 5.88. The first-order valence-electron chi connectivity index (χ1n) is 6.96. The van der Waals surface area contributed by atoms with E-state index in [1.807, 2.05) is 5.38 Å². The fraction of sp³-hybridized carbons (Fsp3) is 0.400. The van der Waals surface area contributed by atoms with Gasteiger partial charge in [0.1, 0.15) is 11.5 Å². The molecule has 0 aliphatic heterocycles. The number of methoxy groups -OCH3 is 2. The van der Waals surface area contributed by atoms with Gasteiger partial charge in [0.15, 0.2) is 5.13 Å². The maximum absolute atomic E-state index is 6.11. The minimum atomic E-state index is 0.221. The summed E-state index contributed by atoms with van der Waals surface area (Å²) >= 11 is 7.65. The standard InChI is InChI=1S/C15H20ClN3O2S/c1-5-17-9(2)12-8-22-15(19-12)18-11-7-13(20-3)10(16)6-14(11)21-4/h6-9,17H,5H2,1-4H3,(H,18,19). The normalized spacial score (nSPS) is 12.0. The Hall–Kier alpha value is -1.50. The van der Waals surface area contributed by atoms with Crippen LogP contribution in [0.25, 0.3) is 0 Å². The maximum Gasteiger partial charge on any atom is 0.187 e. The van der Waals surface area contributed by atoms with Gasteiger partial charge in [-0.15, -0.1) is 11.3 Å². The monoisotopic (exact) mass is 341 g/mol. The molecule has 0 amide bonds. The Bertz CT molecular complexity index is 633. The quantitative estimate of drug-likeness (QED) is 0.789. The van der Waals surface area contributed by atoms with Crippen molar-refractivity contribution >= 4 is 33.8 Å². The Balaban J connectivity index is 2.23. The van der Waals surface area contributed by atoms with Crippen molar-refractivity contribution in [2.24, 2.45) is 0 Å². The first-order valence-corrected chi connectivity index (χ1v) is 8.22. The van der Waals surface area contributed by atoms with Gasteiger partial charge in [-0.05, 0) is 13.5 Å². The number of nitrogens with one attached hydrogen (secondary N) is 2. The molecule has 0 spiro atoms. The van der Waals surface area contributed by atoms with Crippen molar-refractivity contribution in [1.29, 1.82) is 0 Å². The van der Waals surface area contributed by atoms with Crippen molar-refractivity contribution in [2.75, 3.05) is 26.1 Å². The minimum absolute atomic E-state index is 0.221. The van der Waals surface area contributed by atoms with Crippen molar-refractivity contribution in [1.82, 2.24) is 10.3 Å². The van der Waals surface area contributed by atoms with Crippen LogP contribution in [-0.4, -0.2) is 25.7 Å². The molecule has 120 valence electrons. The largest absolute Gasteiger partial charge is 0.495 e. The molecule has 0 radical (unpaired) electrons. The lowest BCUT2D eigenvalue weighted by Gasteiger charge is -2.12. The predicted octanol–water partition coefficient (Wildman–Crippen LogP) is 4.23. The summed E-state index contributed by atoms with van der Waals surface area (Å²) in [5.41, 5.74) is 1.77. The van der Waals surface area contributed by atoms with E-state index in [1.54, 1.807) is 37.7 Å². The van der Waals surface area contributed by atoms with E-state index in [-0.39, 0.29) is 6.04 Å². The zero-order chi connectivity index (χ0) is 16.1. The number of benzene rings is 1. The third-order valence-corrected chi connectivity index (χ3v) is 4.26. The predicted molar refractivity (Wildman–Crippen MR) is 92.0 cm³/mol. The van der Waals surface area contributed by atoms with Crippen LogP contribution in [-0.2, 0) is 0 Å². The maximum atomic E-state index is 6.11. The Morgan fingerprint density at radius 1 is 1.27 bits per heavy atom. The average Bonchev–Trinajstić information content (AvgIpc) is 2.97. The number of aromatic nitrogens is 1. The Morgan fingerprint density at radius 2 is 2.00 bits per heavy atom. The van der Waals surface area contributed by atoms with Crippen LogP contribution < -0.4 is 20.1 Å². The second-order valence-electron chi connectivity index (χ2n) is 4.67. The van der Waals surface area contributed by atoms with E-state index in [0.717, 1.165) is 23.1 Å². The lowest BCUT2D eigenvalue weighted by atomic mass is 10.2. The van der Waals surface area contributed by atoms with E-state index in [4.69, 9.17) is 21.1 Å². The van der Waals surface area contributed by atoms with Gasteiger partial charge in [0.2, 0.25) is 0 Å². The van der Waals surface area contributed by atoms with E-state index in [2.05, 4.69) is 29.5 Å². The summed E-state index contributed by atoms with van der Waals surface area (Å²) < 4.78 is 10.6. The van der Waals surface area contributed by atoms with E-state index >= 15 is 0 Å². The number of ether oxygens (including phenoxy) is 2. The van der Waals surface area contributed by atoms with Crippen molar-refractivity contribution in [3.8, 4) is 11.5 Å². The molecule has 1 aromatic heterocycles. The molecule has 0 saturated carbocycles. The highest BCUT2D eigenvalue weighted by molar-refractivity contribution is 7.13. The third-order valence-electron chi connectivity index (χ3n) is 3.19. The fourth-order valence-corrected chi connectivity index (χ4v) is 3.07. The van der Waals surface area contributed by atoms with Crippen LogP contribution in [0.3, 0.4) is 0 Å². The second kappa shape index (κ2) is 7.67. The van der Waals surface area contributed by atoms with Crippen molar-refractivity contribution < 1.29 is 9.47 Å². The summed E-state index contributed by atoms with van der Waals surface area (Å²) in [6.07, 6.45) is 0. The van der Waals surface area contributed by atoms with Gasteiger partial charge in [0.05, 0.1) is 30.6 Å². The molecule has 0 bridgehead atoms. The van der Waals surface area contributed by atoms with Gasteiger partial charge in [-0.3, -0.25) is 0 Å². The third kappa shape index (κ3) is 3.82. The minimum Gasteiger partial charge on any atom is -0.495 e. The molecular formula is C15H20ClN3O2S. The second-order valence-corrected chi connectivity index (χ2v) is 5.93. The highest BCUT2D eigenvalue weighted by Gasteiger charge is 2.13. The first kappa shape index (κ1) is 16.9. The van der Waals surface area contributed by atoms with Crippen LogP contribution >= 0.6 is 22.9 Å². The van der Waals surface area contributed by atoms with E-state index in [1.165, 1.54) is 0 Å². The molecule has 0 aliphatic carbocycles. The van der Waals surface area contributed by atoms with Gasteiger partial charge >= 0.3 is 0 Å².